The topological polar surface area (TPSA) is 55.6 Å². The molecule has 1 amide bonds. The number of amides is 1. The van der Waals surface area contributed by atoms with Gasteiger partial charge in [-0.1, -0.05) is 6.07 Å². The van der Waals surface area contributed by atoms with Crippen LogP contribution in [-0.4, -0.2) is 36.5 Å². The second kappa shape index (κ2) is 7.97. The van der Waals surface area contributed by atoms with E-state index in [4.69, 9.17) is 10.5 Å². The van der Waals surface area contributed by atoms with Crippen LogP contribution in [-0.2, 0) is 4.79 Å². The van der Waals surface area contributed by atoms with Gasteiger partial charge >= 0.3 is 0 Å². The highest BCUT2D eigenvalue weighted by Crippen LogP contribution is 2.26. The van der Waals surface area contributed by atoms with E-state index in [0.29, 0.717) is 18.9 Å². The maximum Gasteiger partial charge on any atom is 0.226 e. The molecule has 4 nitrogen and oxygen atoms in total. The number of hydrogen-bond donors (Lipinski definition) is 1. The van der Waals surface area contributed by atoms with Crippen molar-refractivity contribution in [2.75, 3.05) is 19.7 Å². The van der Waals surface area contributed by atoms with Crippen LogP contribution in [0.3, 0.4) is 0 Å². The zero-order valence-electron chi connectivity index (χ0n) is 13.3. The Hall–Kier alpha value is -1.07. The summed E-state index contributed by atoms with van der Waals surface area (Å²) >= 11 is 3.48. The largest absolute Gasteiger partial charge is 0.492 e. The van der Waals surface area contributed by atoms with E-state index in [1.165, 1.54) is 5.56 Å². The highest BCUT2D eigenvalue weighted by molar-refractivity contribution is 9.10. The number of halogens is 1. The van der Waals surface area contributed by atoms with E-state index in [-0.39, 0.29) is 11.9 Å². The first-order valence-electron chi connectivity index (χ1n) is 7.89. The second-order valence-electron chi connectivity index (χ2n) is 6.13. The van der Waals surface area contributed by atoms with Crippen LogP contribution in [0.15, 0.2) is 22.7 Å². The van der Waals surface area contributed by atoms with Gasteiger partial charge in [-0.2, -0.15) is 0 Å². The molecule has 0 saturated carbocycles. The molecule has 122 valence electrons. The number of likely N-dealkylation sites (tertiary alicyclic amines) is 1. The van der Waals surface area contributed by atoms with Gasteiger partial charge in [0.2, 0.25) is 5.91 Å². The molecule has 0 bridgehead atoms. The van der Waals surface area contributed by atoms with E-state index in [9.17, 15) is 4.79 Å². The molecule has 0 aliphatic carbocycles. The zero-order chi connectivity index (χ0) is 16.1. The maximum atomic E-state index is 12.3. The summed E-state index contributed by atoms with van der Waals surface area (Å²) in [6.07, 6.45) is 2.57. The van der Waals surface area contributed by atoms with Crippen LogP contribution in [0.2, 0.25) is 0 Å². The number of nitrogens with zero attached hydrogens (tertiary/aromatic N) is 1. The van der Waals surface area contributed by atoms with Gasteiger partial charge in [-0.05, 0) is 66.2 Å². The number of nitrogens with two attached hydrogens (primary N) is 1. The van der Waals surface area contributed by atoms with Crippen molar-refractivity contribution in [3.8, 4) is 5.75 Å². The molecule has 2 rings (SSSR count). The van der Waals surface area contributed by atoms with Crippen molar-refractivity contribution in [1.29, 1.82) is 0 Å². The molecule has 1 aliphatic heterocycles. The van der Waals surface area contributed by atoms with Crippen molar-refractivity contribution >= 4 is 21.8 Å². The van der Waals surface area contributed by atoms with Gasteiger partial charge in [0, 0.05) is 19.1 Å². The molecule has 2 atom stereocenters. The molecule has 1 heterocycles. The number of aryl methyl sites for hydroxylation is 1. The molecule has 1 saturated heterocycles. The smallest absolute Gasteiger partial charge is 0.226 e. The molecule has 1 aromatic carbocycles. The standard InChI is InChI=1S/C17H25BrN2O2/c1-12-5-6-16(15(18)10-12)22-9-7-17(21)20-8-3-4-14(11-20)13(2)19/h5-6,10,13-14H,3-4,7-9,11,19H2,1-2H3/t13-,14+/m0/s1. The SMILES string of the molecule is Cc1ccc(OCCC(=O)N2CCC[C@@H]([C@H](C)N)C2)c(Br)c1. The summed E-state index contributed by atoms with van der Waals surface area (Å²) in [5.74, 6) is 1.36. The van der Waals surface area contributed by atoms with Gasteiger partial charge < -0.3 is 15.4 Å². The number of carbonyl (C=O) groups is 1. The lowest BCUT2D eigenvalue weighted by Crippen LogP contribution is -2.45. The molecule has 1 aromatic rings. The molecule has 0 radical (unpaired) electrons. The van der Waals surface area contributed by atoms with Gasteiger partial charge in [0.25, 0.3) is 0 Å². The summed E-state index contributed by atoms with van der Waals surface area (Å²) in [7, 11) is 0. The van der Waals surface area contributed by atoms with Crippen LogP contribution >= 0.6 is 15.9 Å². The Balaban J connectivity index is 1.80. The first-order valence-corrected chi connectivity index (χ1v) is 8.69. The minimum atomic E-state index is 0.148. The number of hydrogen-bond acceptors (Lipinski definition) is 3. The van der Waals surface area contributed by atoms with Crippen LogP contribution in [0, 0.1) is 12.8 Å². The minimum Gasteiger partial charge on any atom is -0.492 e. The van der Waals surface area contributed by atoms with E-state index in [0.717, 1.165) is 36.2 Å². The van der Waals surface area contributed by atoms with Crippen molar-refractivity contribution in [3.05, 3.63) is 28.2 Å². The lowest BCUT2D eigenvalue weighted by atomic mass is 9.92. The first kappa shape index (κ1) is 17.3. The lowest BCUT2D eigenvalue weighted by Gasteiger charge is -2.34. The average Bonchev–Trinajstić information content (AvgIpc) is 2.49. The molecular weight excluding hydrogens is 344 g/mol. The average molecular weight is 369 g/mol. The van der Waals surface area contributed by atoms with E-state index < -0.39 is 0 Å². The molecule has 0 aromatic heterocycles. The summed E-state index contributed by atoms with van der Waals surface area (Å²) < 4.78 is 6.63. The van der Waals surface area contributed by atoms with Gasteiger partial charge in [0.15, 0.2) is 0 Å². The Bertz CT molecular complexity index is 519. The third kappa shape index (κ3) is 4.71. The highest BCUT2D eigenvalue weighted by Gasteiger charge is 2.25. The third-order valence-electron chi connectivity index (χ3n) is 4.21. The first-order chi connectivity index (χ1) is 10.5. The second-order valence-corrected chi connectivity index (χ2v) is 6.99. The van der Waals surface area contributed by atoms with Crippen LogP contribution in [0.25, 0.3) is 0 Å². The Morgan fingerprint density at radius 2 is 2.32 bits per heavy atom. The number of piperidine rings is 1. The molecular formula is C17H25BrN2O2. The Kier molecular flexibility index (Phi) is 6.26. The lowest BCUT2D eigenvalue weighted by molar-refractivity contribution is -0.133. The molecule has 2 N–H and O–H groups in total. The number of ether oxygens (including phenoxy) is 1. The number of carbonyl (C=O) groups excluding carboxylic acids is 1. The van der Waals surface area contributed by atoms with E-state index in [2.05, 4.69) is 15.9 Å². The molecule has 22 heavy (non-hydrogen) atoms. The van der Waals surface area contributed by atoms with E-state index in [1.807, 2.05) is 36.9 Å². The predicted octanol–water partition coefficient (Wildman–Crippen LogP) is 3.11. The summed E-state index contributed by atoms with van der Waals surface area (Å²) in [5, 5.41) is 0. The summed E-state index contributed by atoms with van der Waals surface area (Å²) in [4.78, 5) is 14.2. The van der Waals surface area contributed by atoms with Gasteiger partial charge in [-0.3, -0.25) is 4.79 Å². The molecule has 5 heteroatoms. The molecule has 1 fully saturated rings. The normalized spacial score (nSPS) is 19.8. The molecule has 0 unspecified atom stereocenters. The van der Waals surface area contributed by atoms with Crippen molar-refractivity contribution < 1.29 is 9.53 Å². The maximum absolute atomic E-state index is 12.3. The minimum absolute atomic E-state index is 0.148. The number of rotatable bonds is 5. The summed E-state index contributed by atoms with van der Waals surface area (Å²) in [5.41, 5.74) is 7.14. The fourth-order valence-electron chi connectivity index (χ4n) is 2.80. The number of benzene rings is 1. The Labute approximate surface area is 141 Å². The van der Waals surface area contributed by atoms with Crippen LogP contribution < -0.4 is 10.5 Å². The van der Waals surface area contributed by atoms with Gasteiger partial charge in [0.05, 0.1) is 17.5 Å². The fourth-order valence-corrected chi connectivity index (χ4v) is 3.40. The molecule has 1 aliphatic rings. The third-order valence-corrected chi connectivity index (χ3v) is 4.83. The van der Waals surface area contributed by atoms with Crippen LogP contribution in [0.1, 0.15) is 31.7 Å². The quantitative estimate of drug-likeness (QED) is 0.868. The highest BCUT2D eigenvalue weighted by atomic mass is 79.9. The van der Waals surface area contributed by atoms with Crippen LogP contribution in [0.4, 0.5) is 0 Å². The van der Waals surface area contributed by atoms with E-state index >= 15 is 0 Å². The van der Waals surface area contributed by atoms with Crippen molar-refractivity contribution in [2.45, 2.75) is 39.2 Å². The fraction of sp³-hybridized carbons (Fsp3) is 0.588. The summed E-state index contributed by atoms with van der Waals surface area (Å²) in [6, 6.07) is 6.08. The van der Waals surface area contributed by atoms with Gasteiger partial charge in [-0.25, -0.2) is 0 Å². The molecule has 0 spiro atoms. The van der Waals surface area contributed by atoms with Crippen molar-refractivity contribution in [1.82, 2.24) is 4.90 Å². The monoisotopic (exact) mass is 368 g/mol. The zero-order valence-corrected chi connectivity index (χ0v) is 14.9. The predicted molar refractivity (Wildman–Crippen MR) is 91.9 cm³/mol. The Morgan fingerprint density at radius 3 is 3.00 bits per heavy atom. The van der Waals surface area contributed by atoms with E-state index in [1.54, 1.807) is 0 Å². The summed E-state index contributed by atoms with van der Waals surface area (Å²) in [6.45, 7) is 6.08. The van der Waals surface area contributed by atoms with Crippen molar-refractivity contribution in [3.63, 3.8) is 0 Å². The van der Waals surface area contributed by atoms with Crippen LogP contribution in [0.5, 0.6) is 5.75 Å². The van der Waals surface area contributed by atoms with Gasteiger partial charge in [0.1, 0.15) is 5.75 Å². The van der Waals surface area contributed by atoms with Gasteiger partial charge in [-0.15, -0.1) is 0 Å². The Morgan fingerprint density at radius 1 is 1.55 bits per heavy atom. The van der Waals surface area contributed by atoms with Crippen molar-refractivity contribution in [2.24, 2.45) is 11.7 Å².